The van der Waals surface area contributed by atoms with Crippen molar-refractivity contribution in [1.82, 2.24) is 9.55 Å². The number of anilines is 1. The summed E-state index contributed by atoms with van der Waals surface area (Å²) in [6.45, 7) is 2.81. The summed E-state index contributed by atoms with van der Waals surface area (Å²) < 4.78 is 2.06. The number of rotatable bonds is 2. The molecule has 0 amide bonds. The Kier molecular flexibility index (Phi) is 3.03. The van der Waals surface area contributed by atoms with Crippen molar-refractivity contribution < 1.29 is 5.11 Å². The van der Waals surface area contributed by atoms with Gasteiger partial charge in [0, 0.05) is 17.1 Å². The van der Waals surface area contributed by atoms with E-state index in [4.69, 9.17) is 17.3 Å². The van der Waals surface area contributed by atoms with Crippen molar-refractivity contribution in [2.24, 2.45) is 0 Å². The van der Waals surface area contributed by atoms with Gasteiger partial charge in [0.15, 0.2) is 0 Å². The minimum absolute atomic E-state index is 0.0650. The molecular weight excluding hydrogens is 274 g/mol. The molecule has 4 nitrogen and oxygen atoms in total. The fourth-order valence-electron chi connectivity index (χ4n) is 2.32. The third-order valence-corrected chi connectivity index (χ3v) is 3.55. The van der Waals surface area contributed by atoms with E-state index < -0.39 is 0 Å². The van der Waals surface area contributed by atoms with E-state index in [0.717, 1.165) is 29.0 Å². The number of benzene rings is 2. The van der Waals surface area contributed by atoms with Crippen LogP contribution in [0, 0.1) is 0 Å². The van der Waals surface area contributed by atoms with Gasteiger partial charge >= 0.3 is 0 Å². The molecule has 1 aromatic heterocycles. The molecule has 0 unspecified atom stereocenters. The third kappa shape index (κ3) is 1.98. The van der Waals surface area contributed by atoms with Crippen molar-refractivity contribution in [3.63, 3.8) is 0 Å². The molecule has 0 spiro atoms. The molecule has 0 aliphatic carbocycles. The van der Waals surface area contributed by atoms with Crippen molar-refractivity contribution in [2.75, 3.05) is 5.73 Å². The first-order valence-corrected chi connectivity index (χ1v) is 6.72. The Balaban J connectivity index is 2.27. The highest BCUT2D eigenvalue weighted by atomic mass is 35.5. The minimum atomic E-state index is 0.0650. The van der Waals surface area contributed by atoms with E-state index in [1.54, 1.807) is 12.1 Å². The van der Waals surface area contributed by atoms with Gasteiger partial charge in [-0.25, -0.2) is 4.98 Å². The number of halogens is 1. The highest BCUT2D eigenvalue weighted by Gasteiger charge is 2.13. The maximum Gasteiger partial charge on any atom is 0.141 e. The van der Waals surface area contributed by atoms with Gasteiger partial charge in [-0.15, -0.1) is 0 Å². The van der Waals surface area contributed by atoms with Gasteiger partial charge in [0.25, 0.3) is 0 Å². The Hall–Kier alpha value is -2.20. The molecule has 0 atom stereocenters. The first-order chi connectivity index (χ1) is 9.60. The molecule has 20 heavy (non-hydrogen) atoms. The third-order valence-electron chi connectivity index (χ3n) is 3.32. The Bertz CT molecular complexity index is 795. The van der Waals surface area contributed by atoms with Crippen LogP contribution in [0.5, 0.6) is 5.75 Å². The molecule has 0 aliphatic rings. The maximum atomic E-state index is 9.76. The van der Waals surface area contributed by atoms with E-state index in [-0.39, 0.29) is 5.75 Å². The number of nitrogen functional groups attached to an aromatic ring is 1. The first-order valence-electron chi connectivity index (χ1n) is 6.35. The number of phenolic OH excluding ortho intramolecular Hbond substituents is 1. The number of hydrogen-bond donors (Lipinski definition) is 2. The lowest BCUT2D eigenvalue weighted by Gasteiger charge is -2.07. The highest BCUT2D eigenvalue weighted by Crippen LogP contribution is 2.30. The molecule has 0 radical (unpaired) electrons. The van der Waals surface area contributed by atoms with Crippen LogP contribution in [-0.2, 0) is 6.54 Å². The Morgan fingerprint density at radius 2 is 2.05 bits per heavy atom. The Morgan fingerprint density at radius 1 is 1.25 bits per heavy atom. The number of nitrogens with zero attached hydrogens (tertiary/aromatic N) is 2. The number of hydrogen-bond acceptors (Lipinski definition) is 3. The summed E-state index contributed by atoms with van der Waals surface area (Å²) in [6.07, 6.45) is 0. The average molecular weight is 288 g/mol. The van der Waals surface area contributed by atoms with Crippen LogP contribution < -0.4 is 5.73 Å². The lowest BCUT2D eigenvalue weighted by molar-refractivity contribution is 0.478. The summed E-state index contributed by atoms with van der Waals surface area (Å²) in [7, 11) is 0. The van der Waals surface area contributed by atoms with E-state index in [2.05, 4.69) is 9.55 Å². The molecule has 2 aromatic carbocycles. The van der Waals surface area contributed by atoms with Gasteiger partial charge in [-0.2, -0.15) is 0 Å². The summed E-state index contributed by atoms with van der Waals surface area (Å²) in [5.74, 6) is 0.857. The molecule has 0 aliphatic heterocycles. The lowest BCUT2D eigenvalue weighted by Crippen LogP contribution is -1.97. The fraction of sp³-hybridized carbons (Fsp3) is 0.133. The van der Waals surface area contributed by atoms with Crippen LogP contribution in [-0.4, -0.2) is 14.7 Å². The smallest absolute Gasteiger partial charge is 0.141 e. The number of nitrogens with two attached hydrogens (primary N) is 1. The van der Waals surface area contributed by atoms with Crippen molar-refractivity contribution in [3.05, 3.63) is 41.4 Å². The van der Waals surface area contributed by atoms with Crippen molar-refractivity contribution in [3.8, 4) is 17.1 Å². The quantitative estimate of drug-likeness (QED) is 0.558. The van der Waals surface area contributed by atoms with Crippen molar-refractivity contribution in [2.45, 2.75) is 13.5 Å². The zero-order chi connectivity index (χ0) is 14.3. The van der Waals surface area contributed by atoms with Gasteiger partial charge in [-0.3, -0.25) is 0 Å². The van der Waals surface area contributed by atoms with E-state index in [1.807, 2.05) is 31.2 Å². The average Bonchev–Trinajstić information content (AvgIpc) is 2.79. The van der Waals surface area contributed by atoms with Gasteiger partial charge < -0.3 is 15.4 Å². The topological polar surface area (TPSA) is 64.1 Å². The summed E-state index contributed by atoms with van der Waals surface area (Å²) >= 11 is 6.05. The number of imidazole rings is 1. The normalized spacial score (nSPS) is 11.1. The van der Waals surface area contributed by atoms with Crippen LogP contribution in [0.2, 0.25) is 5.02 Å². The van der Waals surface area contributed by atoms with Crippen molar-refractivity contribution >= 4 is 28.3 Å². The molecule has 3 aromatic rings. The maximum absolute atomic E-state index is 9.76. The molecular formula is C15H14ClN3O. The van der Waals surface area contributed by atoms with E-state index in [9.17, 15) is 5.11 Å². The SMILES string of the molecule is CCn1c(-c2ccc(N)c(O)c2)nc2ccc(Cl)cc21. The summed E-state index contributed by atoms with van der Waals surface area (Å²) in [4.78, 5) is 4.62. The molecule has 3 N–H and O–H groups in total. The van der Waals surface area contributed by atoms with Gasteiger partial charge in [0.05, 0.1) is 16.7 Å². The van der Waals surface area contributed by atoms with Crippen molar-refractivity contribution in [1.29, 1.82) is 0 Å². The molecule has 3 rings (SSSR count). The van der Waals surface area contributed by atoms with Gasteiger partial charge in [-0.05, 0) is 43.3 Å². The number of aromatic hydroxyl groups is 1. The second kappa shape index (κ2) is 4.72. The van der Waals surface area contributed by atoms with Crippen LogP contribution in [0.3, 0.4) is 0 Å². The van der Waals surface area contributed by atoms with Gasteiger partial charge in [-0.1, -0.05) is 11.6 Å². The predicted molar refractivity (Wildman–Crippen MR) is 81.9 cm³/mol. The fourth-order valence-corrected chi connectivity index (χ4v) is 2.49. The molecule has 0 saturated heterocycles. The highest BCUT2D eigenvalue weighted by molar-refractivity contribution is 6.31. The van der Waals surface area contributed by atoms with E-state index >= 15 is 0 Å². The van der Waals surface area contributed by atoms with Crippen LogP contribution in [0.15, 0.2) is 36.4 Å². The van der Waals surface area contributed by atoms with Crippen LogP contribution in [0.4, 0.5) is 5.69 Å². The second-order valence-corrected chi connectivity index (χ2v) is 5.02. The summed E-state index contributed by atoms with van der Waals surface area (Å²) in [5, 5.41) is 10.4. The monoisotopic (exact) mass is 287 g/mol. The van der Waals surface area contributed by atoms with Crippen LogP contribution >= 0.6 is 11.6 Å². The van der Waals surface area contributed by atoms with E-state index in [0.29, 0.717) is 10.7 Å². The number of phenols is 1. The number of aryl methyl sites for hydroxylation is 1. The zero-order valence-electron chi connectivity index (χ0n) is 11.0. The van der Waals surface area contributed by atoms with Crippen LogP contribution in [0.25, 0.3) is 22.4 Å². The van der Waals surface area contributed by atoms with Crippen LogP contribution in [0.1, 0.15) is 6.92 Å². The van der Waals surface area contributed by atoms with Gasteiger partial charge in [0.2, 0.25) is 0 Å². The molecule has 0 saturated carbocycles. The van der Waals surface area contributed by atoms with E-state index in [1.165, 1.54) is 0 Å². The lowest BCUT2D eigenvalue weighted by atomic mass is 10.2. The second-order valence-electron chi connectivity index (χ2n) is 4.59. The minimum Gasteiger partial charge on any atom is -0.506 e. The van der Waals surface area contributed by atoms with Gasteiger partial charge in [0.1, 0.15) is 11.6 Å². The largest absolute Gasteiger partial charge is 0.506 e. The molecule has 0 fully saturated rings. The predicted octanol–water partition coefficient (Wildman–Crippen LogP) is 3.66. The molecule has 0 bridgehead atoms. The summed E-state index contributed by atoms with van der Waals surface area (Å²) in [6, 6.07) is 10.8. The summed E-state index contributed by atoms with van der Waals surface area (Å²) in [5.41, 5.74) is 8.68. The standard InChI is InChI=1S/C15H14ClN3O/c1-2-19-13-8-10(16)4-6-12(13)18-15(19)9-3-5-11(17)14(20)7-9/h3-8,20H,2,17H2,1H3. The number of fused-ring (bicyclic) bond motifs is 1. The zero-order valence-corrected chi connectivity index (χ0v) is 11.7. The number of aromatic nitrogens is 2. The molecule has 5 heteroatoms. The Labute approximate surface area is 121 Å². The molecule has 1 heterocycles. The Morgan fingerprint density at radius 3 is 2.75 bits per heavy atom. The first kappa shape index (κ1) is 12.8. The molecule has 102 valence electrons.